The lowest BCUT2D eigenvalue weighted by Gasteiger charge is -2.14. The van der Waals surface area contributed by atoms with E-state index >= 15 is 0 Å². The second-order valence-electron chi connectivity index (χ2n) is 3.91. The van der Waals surface area contributed by atoms with E-state index in [1.165, 1.54) is 12.1 Å². The predicted molar refractivity (Wildman–Crippen MR) is 67.8 cm³/mol. The molecule has 1 atom stereocenters. The van der Waals surface area contributed by atoms with Crippen LogP contribution in [0.4, 0.5) is 4.39 Å². The first-order chi connectivity index (χ1) is 8.20. The molecule has 0 aliphatic carbocycles. The van der Waals surface area contributed by atoms with Crippen molar-refractivity contribution in [3.8, 4) is 0 Å². The largest absolute Gasteiger partial charge is 0.259 e. The summed E-state index contributed by atoms with van der Waals surface area (Å²) in [6, 6.07) is 10.3. The van der Waals surface area contributed by atoms with E-state index in [1.54, 1.807) is 18.3 Å². The molecule has 0 fully saturated rings. The van der Waals surface area contributed by atoms with Gasteiger partial charge >= 0.3 is 0 Å². The van der Waals surface area contributed by atoms with E-state index in [9.17, 15) is 4.39 Å². The predicted octanol–water partition coefficient (Wildman–Crippen LogP) is 4.42. The van der Waals surface area contributed by atoms with Gasteiger partial charge in [0.2, 0.25) is 0 Å². The number of hydrogen-bond donors (Lipinski definition) is 0. The van der Waals surface area contributed by atoms with E-state index in [1.807, 2.05) is 12.1 Å². The highest BCUT2D eigenvalue weighted by Crippen LogP contribution is 2.26. The lowest BCUT2D eigenvalue weighted by Crippen LogP contribution is -2.02. The molecule has 2 rings (SSSR count). The van der Waals surface area contributed by atoms with Gasteiger partial charge in [0, 0.05) is 17.8 Å². The van der Waals surface area contributed by atoms with Gasteiger partial charge in [0.25, 0.3) is 0 Å². The Kier molecular flexibility index (Phi) is 3.75. The third-order valence-electron chi connectivity index (χ3n) is 2.79. The molecule has 88 valence electrons. The molecule has 1 nitrogen and oxygen atoms in total. The van der Waals surface area contributed by atoms with Gasteiger partial charge < -0.3 is 0 Å². The minimum atomic E-state index is -0.215. The van der Waals surface area contributed by atoms with Gasteiger partial charge in [-0.15, -0.1) is 0 Å². The molecule has 1 aromatic carbocycles. The van der Waals surface area contributed by atoms with E-state index in [2.05, 4.69) is 11.9 Å². The summed E-state index contributed by atoms with van der Waals surface area (Å²) in [5.74, 6) is -0.0273. The van der Waals surface area contributed by atoms with Crippen molar-refractivity contribution in [1.29, 1.82) is 0 Å². The normalized spacial score (nSPS) is 12.4. The number of benzene rings is 1. The molecule has 0 bridgehead atoms. The van der Waals surface area contributed by atoms with Gasteiger partial charge in [-0.1, -0.05) is 30.7 Å². The smallest absolute Gasteiger partial charge is 0.123 e. The molecular weight excluding hydrogens is 237 g/mol. The van der Waals surface area contributed by atoms with Crippen molar-refractivity contribution in [2.45, 2.75) is 19.3 Å². The van der Waals surface area contributed by atoms with Crippen LogP contribution in [-0.4, -0.2) is 4.98 Å². The van der Waals surface area contributed by atoms with Crippen LogP contribution >= 0.6 is 11.6 Å². The average molecular weight is 250 g/mol. The van der Waals surface area contributed by atoms with Crippen LogP contribution in [0.25, 0.3) is 0 Å². The number of hydrogen-bond acceptors (Lipinski definition) is 1. The Morgan fingerprint density at radius 1 is 1.18 bits per heavy atom. The van der Waals surface area contributed by atoms with E-state index in [-0.39, 0.29) is 11.7 Å². The van der Waals surface area contributed by atoms with Crippen molar-refractivity contribution in [3.63, 3.8) is 0 Å². The van der Waals surface area contributed by atoms with Gasteiger partial charge in [-0.3, -0.25) is 4.98 Å². The van der Waals surface area contributed by atoms with Crippen molar-refractivity contribution >= 4 is 11.6 Å². The maximum absolute atomic E-state index is 12.9. The second-order valence-corrected chi connectivity index (χ2v) is 4.35. The molecule has 0 aliphatic rings. The van der Waals surface area contributed by atoms with Gasteiger partial charge in [0.05, 0.1) is 5.02 Å². The molecule has 17 heavy (non-hydrogen) atoms. The molecule has 0 N–H and O–H groups in total. The van der Waals surface area contributed by atoms with Crippen LogP contribution in [0.1, 0.15) is 30.5 Å². The van der Waals surface area contributed by atoms with Gasteiger partial charge in [-0.25, -0.2) is 4.39 Å². The standard InChI is InChI=1S/C14H13ClFN/c1-2-13(10-3-6-12(16)7-4-10)14-8-5-11(15)9-17-14/h3-9,13H,2H2,1H3. The van der Waals surface area contributed by atoms with Crippen molar-refractivity contribution < 1.29 is 4.39 Å². The van der Waals surface area contributed by atoms with Gasteiger partial charge in [-0.05, 0) is 36.2 Å². The molecule has 2 aromatic rings. The second kappa shape index (κ2) is 5.28. The molecule has 0 radical (unpaired) electrons. The van der Waals surface area contributed by atoms with Crippen molar-refractivity contribution in [3.05, 3.63) is 64.7 Å². The number of nitrogens with zero attached hydrogens (tertiary/aromatic N) is 1. The summed E-state index contributed by atoms with van der Waals surface area (Å²) in [6.07, 6.45) is 2.56. The highest BCUT2D eigenvalue weighted by molar-refractivity contribution is 6.30. The molecule has 0 saturated heterocycles. The Morgan fingerprint density at radius 2 is 1.88 bits per heavy atom. The molecule has 0 amide bonds. The lowest BCUT2D eigenvalue weighted by atomic mass is 9.93. The molecule has 0 spiro atoms. The third kappa shape index (κ3) is 2.83. The summed E-state index contributed by atoms with van der Waals surface area (Å²) in [5.41, 5.74) is 2.03. The molecule has 1 aromatic heterocycles. The first-order valence-corrected chi connectivity index (χ1v) is 5.95. The summed E-state index contributed by atoms with van der Waals surface area (Å²) in [4.78, 5) is 4.32. The summed E-state index contributed by atoms with van der Waals surface area (Å²) in [6.45, 7) is 2.09. The number of rotatable bonds is 3. The fourth-order valence-electron chi connectivity index (χ4n) is 1.90. The minimum Gasteiger partial charge on any atom is -0.259 e. The van der Waals surface area contributed by atoms with Gasteiger partial charge in [0.1, 0.15) is 5.82 Å². The van der Waals surface area contributed by atoms with Crippen LogP contribution in [0, 0.1) is 5.82 Å². The molecule has 0 aliphatic heterocycles. The fourth-order valence-corrected chi connectivity index (χ4v) is 2.02. The Hall–Kier alpha value is -1.41. The highest BCUT2D eigenvalue weighted by atomic mass is 35.5. The van der Waals surface area contributed by atoms with Crippen LogP contribution in [0.2, 0.25) is 5.02 Å². The molecule has 1 heterocycles. The molecule has 0 saturated carbocycles. The number of halogens is 2. The average Bonchev–Trinajstić information content (AvgIpc) is 2.35. The summed E-state index contributed by atoms with van der Waals surface area (Å²) < 4.78 is 12.9. The Bertz CT molecular complexity index is 433. The summed E-state index contributed by atoms with van der Waals surface area (Å²) in [7, 11) is 0. The lowest BCUT2D eigenvalue weighted by molar-refractivity contribution is 0.625. The van der Waals surface area contributed by atoms with Crippen molar-refractivity contribution in [2.75, 3.05) is 0 Å². The van der Waals surface area contributed by atoms with E-state index < -0.39 is 0 Å². The maximum Gasteiger partial charge on any atom is 0.123 e. The van der Waals surface area contributed by atoms with Crippen molar-refractivity contribution in [2.24, 2.45) is 0 Å². The van der Waals surface area contributed by atoms with E-state index in [4.69, 9.17) is 11.6 Å². The molecule has 1 unspecified atom stereocenters. The first-order valence-electron chi connectivity index (χ1n) is 5.57. The van der Waals surface area contributed by atoms with Crippen LogP contribution in [0.3, 0.4) is 0 Å². The van der Waals surface area contributed by atoms with Crippen molar-refractivity contribution in [1.82, 2.24) is 4.98 Å². The topological polar surface area (TPSA) is 12.9 Å². The number of aromatic nitrogens is 1. The zero-order valence-corrected chi connectivity index (χ0v) is 10.3. The quantitative estimate of drug-likeness (QED) is 0.785. The van der Waals surface area contributed by atoms with Crippen LogP contribution < -0.4 is 0 Å². The van der Waals surface area contributed by atoms with Crippen LogP contribution in [-0.2, 0) is 0 Å². The Morgan fingerprint density at radius 3 is 2.41 bits per heavy atom. The van der Waals surface area contributed by atoms with Gasteiger partial charge in [-0.2, -0.15) is 0 Å². The van der Waals surface area contributed by atoms with E-state index in [0.717, 1.165) is 17.7 Å². The van der Waals surface area contributed by atoms with Crippen LogP contribution in [0.5, 0.6) is 0 Å². The zero-order valence-electron chi connectivity index (χ0n) is 9.53. The SMILES string of the molecule is CCC(c1ccc(F)cc1)c1ccc(Cl)cn1. The Balaban J connectivity index is 2.33. The highest BCUT2D eigenvalue weighted by Gasteiger charge is 2.13. The summed E-state index contributed by atoms with van der Waals surface area (Å²) in [5, 5.41) is 0.628. The van der Waals surface area contributed by atoms with Gasteiger partial charge in [0.15, 0.2) is 0 Å². The fraction of sp³-hybridized carbons (Fsp3) is 0.214. The maximum atomic E-state index is 12.9. The van der Waals surface area contributed by atoms with E-state index in [0.29, 0.717) is 5.02 Å². The zero-order chi connectivity index (χ0) is 12.3. The van der Waals surface area contributed by atoms with Crippen LogP contribution in [0.15, 0.2) is 42.6 Å². The molecular formula is C14H13ClFN. The Labute approximate surface area is 105 Å². The molecule has 3 heteroatoms. The first kappa shape index (κ1) is 12.1. The monoisotopic (exact) mass is 249 g/mol. The minimum absolute atomic E-state index is 0.188. The summed E-state index contributed by atoms with van der Waals surface area (Å²) >= 11 is 5.81. The number of pyridine rings is 1. The third-order valence-corrected chi connectivity index (χ3v) is 3.01.